The quantitative estimate of drug-likeness (QED) is 0.193. The van der Waals surface area contributed by atoms with Crippen LogP contribution in [0.2, 0.25) is 0 Å². The molecule has 2 amide bonds. The average molecular weight is 597 g/mol. The number of carbonyl (C=O) groups excluding carboxylic acids is 1. The fourth-order valence-electron chi connectivity index (χ4n) is 6.32. The number of carbonyl (C=O) groups is 1. The molecule has 1 N–H and O–H groups in total. The number of hydrogen-bond donors (Lipinski definition) is 1. The minimum absolute atomic E-state index is 0.0559. The molecule has 45 heavy (non-hydrogen) atoms. The van der Waals surface area contributed by atoms with Gasteiger partial charge in [-0.3, -0.25) is 4.90 Å². The number of aryl methyl sites for hydroxylation is 2. The van der Waals surface area contributed by atoms with Gasteiger partial charge in [-0.1, -0.05) is 85.8 Å². The first kappa shape index (κ1) is 28.5. The van der Waals surface area contributed by atoms with Crippen molar-refractivity contribution in [2.45, 2.75) is 46.2 Å². The SMILES string of the molecule is CCCc1nc2c(C)cc(N3CCCN(Cc4ccccc4)C3=O)cc2n1Cc1ccc(-c2ccccc2-c2nn[nH]n2)cc1. The molecule has 0 spiro atoms. The van der Waals surface area contributed by atoms with Gasteiger partial charge in [0.05, 0.1) is 11.0 Å². The Bertz CT molecular complexity index is 1930. The third-order valence-corrected chi connectivity index (χ3v) is 8.54. The second kappa shape index (κ2) is 12.4. The number of aromatic amines is 1. The molecule has 226 valence electrons. The first-order valence-corrected chi connectivity index (χ1v) is 15.6. The maximum absolute atomic E-state index is 13.7. The van der Waals surface area contributed by atoms with Crippen molar-refractivity contribution < 1.29 is 4.79 Å². The van der Waals surface area contributed by atoms with Crippen molar-refractivity contribution >= 4 is 22.8 Å². The van der Waals surface area contributed by atoms with Gasteiger partial charge in [-0.25, -0.2) is 9.78 Å². The summed E-state index contributed by atoms with van der Waals surface area (Å²) in [5.41, 5.74) is 9.47. The van der Waals surface area contributed by atoms with Gasteiger partial charge in [-0.2, -0.15) is 5.21 Å². The molecule has 6 aromatic rings. The Balaban J connectivity index is 1.20. The molecule has 2 aromatic heterocycles. The van der Waals surface area contributed by atoms with Gasteiger partial charge < -0.3 is 9.47 Å². The van der Waals surface area contributed by atoms with E-state index in [9.17, 15) is 4.79 Å². The standard InChI is InChI=1S/C36H36N8O/c1-3-10-33-37-34-25(2)21-29(43-20-9-19-42(36(43)45)23-26-11-5-4-6-12-26)22-32(34)44(33)24-27-15-17-28(18-16-27)30-13-7-8-14-31(30)35-38-40-41-39-35/h4-8,11-18,21-22H,3,9-10,19-20,23-24H2,1-2H3,(H,38,39,40,41). The van der Waals surface area contributed by atoms with Gasteiger partial charge >= 0.3 is 6.03 Å². The van der Waals surface area contributed by atoms with E-state index in [-0.39, 0.29) is 6.03 Å². The molecular formula is C36H36N8O. The molecule has 0 unspecified atom stereocenters. The van der Waals surface area contributed by atoms with Crippen LogP contribution in [0.15, 0.2) is 91.0 Å². The van der Waals surface area contributed by atoms with Crippen molar-refractivity contribution in [2.24, 2.45) is 0 Å². The number of anilines is 1. The molecule has 9 heteroatoms. The van der Waals surface area contributed by atoms with Crippen molar-refractivity contribution in [3.05, 3.63) is 114 Å². The number of tetrazole rings is 1. The van der Waals surface area contributed by atoms with Crippen LogP contribution in [0.5, 0.6) is 0 Å². The van der Waals surface area contributed by atoms with Crippen LogP contribution in [0, 0.1) is 6.92 Å². The zero-order chi connectivity index (χ0) is 30.8. The summed E-state index contributed by atoms with van der Waals surface area (Å²) in [6.45, 7) is 7.06. The number of rotatable bonds is 9. The normalized spacial score (nSPS) is 13.6. The lowest BCUT2D eigenvalue weighted by Crippen LogP contribution is -2.49. The molecule has 9 nitrogen and oxygen atoms in total. The topological polar surface area (TPSA) is 95.8 Å². The Morgan fingerprint density at radius 2 is 1.60 bits per heavy atom. The van der Waals surface area contributed by atoms with E-state index in [2.05, 4.69) is 93.6 Å². The number of H-pyrrole nitrogens is 1. The van der Waals surface area contributed by atoms with Crippen molar-refractivity contribution in [3.63, 3.8) is 0 Å². The van der Waals surface area contributed by atoms with Crippen LogP contribution in [0.25, 0.3) is 33.5 Å². The van der Waals surface area contributed by atoms with E-state index < -0.39 is 0 Å². The summed E-state index contributed by atoms with van der Waals surface area (Å²) in [4.78, 5) is 22.7. The summed E-state index contributed by atoms with van der Waals surface area (Å²) in [6, 6.07) is 31.3. The Morgan fingerprint density at radius 1 is 0.844 bits per heavy atom. The van der Waals surface area contributed by atoms with Gasteiger partial charge in [-0.15, -0.1) is 10.2 Å². The smallest absolute Gasteiger partial charge is 0.323 e. The maximum atomic E-state index is 13.7. The highest BCUT2D eigenvalue weighted by atomic mass is 16.2. The van der Waals surface area contributed by atoms with Crippen LogP contribution in [-0.4, -0.2) is 54.2 Å². The Labute approximate surface area is 262 Å². The number of nitrogens with zero attached hydrogens (tertiary/aromatic N) is 7. The Hall–Kier alpha value is -5.31. The van der Waals surface area contributed by atoms with Crippen molar-refractivity contribution in [1.82, 2.24) is 35.1 Å². The lowest BCUT2D eigenvalue weighted by atomic mass is 9.98. The molecular weight excluding hydrogens is 560 g/mol. The predicted octanol–water partition coefficient (Wildman–Crippen LogP) is 7.02. The Morgan fingerprint density at radius 3 is 2.36 bits per heavy atom. The second-order valence-electron chi connectivity index (χ2n) is 11.7. The van der Waals surface area contributed by atoms with Crippen LogP contribution >= 0.6 is 0 Å². The first-order valence-electron chi connectivity index (χ1n) is 15.6. The average Bonchev–Trinajstić information content (AvgIpc) is 3.73. The van der Waals surface area contributed by atoms with Crippen LogP contribution < -0.4 is 4.90 Å². The van der Waals surface area contributed by atoms with Crippen LogP contribution in [0.4, 0.5) is 10.5 Å². The first-order chi connectivity index (χ1) is 22.1. The van der Waals surface area contributed by atoms with Gasteiger partial charge in [0, 0.05) is 43.9 Å². The van der Waals surface area contributed by atoms with Gasteiger partial charge in [0.15, 0.2) is 0 Å². The van der Waals surface area contributed by atoms with Crippen LogP contribution in [-0.2, 0) is 19.5 Å². The molecule has 1 saturated heterocycles. The molecule has 0 radical (unpaired) electrons. The van der Waals surface area contributed by atoms with E-state index in [0.717, 1.165) is 76.2 Å². The molecule has 0 saturated carbocycles. The maximum Gasteiger partial charge on any atom is 0.324 e. The number of benzene rings is 4. The van der Waals surface area contributed by atoms with Crippen molar-refractivity contribution in [2.75, 3.05) is 18.0 Å². The highest BCUT2D eigenvalue weighted by Gasteiger charge is 2.28. The monoisotopic (exact) mass is 596 g/mol. The molecule has 0 bridgehead atoms. The molecule has 1 aliphatic heterocycles. The molecule has 7 rings (SSSR count). The third kappa shape index (κ3) is 5.69. The molecule has 4 aromatic carbocycles. The number of aromatic nitrogens is 6. The number of imidazole rings is 1. The highest BCUT2D eigenvalue weighted by molar-refractivity contribution is 5.96. The minimum atomic E-state index is 0.0559. The van der Waals surface area contributed by atoms with E-state index in [1.165, 1.54) is 5.56 Å². The van der Waals surface area contributed by atoms with Crippen molar-refractivity contribution in [3.8, 4) is 22.5 Å². The molecule has 1 aliphatic rings. The molecule has 0 aliphatic carbocycles. The fourth-order valence-corrected chi connectivity index (χ4v) is 6.32. The summed E-state index contributed by atoms with van der Waals surface area (Å²) in [6.07, 6.45) is 2.81. The lowest BCUT2D eigenvalue weighted by molar-refractivity contribution is 0.192. The fraction of sp³-hybridized carbons (Fsp3) is 0.250. The number of fused-ring (bicyclic) bond motifs is 1. The number of urea groups is 1. The van der Waals surface area contributed by atoms with E-state index in [0.29, 0.717) is 25.5 Å². The van der Waals surface area contributed by atoms with Crippen molar-refractivity contribution in [1.29, 1.82) is 0 Å². The summed E-state index contributed by atoms with van der Waals surface area (Å²) in [5, 5.41) is 14.7. The number of nitrogens with one attached hydrogen (secondary N) is 1. The summed E-state index contributed by atoms with van der Waals surface area (Å²) >= 11 is 0. The van der Waals surface area contributed by atoms with Crippen LogP contribution in [0.3, 0.4) is 0 Å². The van der Waals surface area contributed by atoms with E-state index in [1.807, 2.05) is 46.2 Å². The molecule has 1 fully saturated rings. The summed E-state index contributed by atoms with van der Waals surface area (Å²) in [5.74, 6) is 1.64. The van der Waals surface area contributed by atoms with E-state index in [1.54, 1.807) is 0 Å². The zero-order valence-electron chi connectivity index (χ0n) is 25.6. The van der Waals surface area contributed by atoms with Gasteiger partial charge in [0.2, 0.25) is 5.82 Å². The lowest BCUT2D eigenvalue weighted by Gasteiger charge is -2.36. The highest BCUT2D eigenvalue weighted by Crippen LogP contribution is 2.32. The summed E-state index contributed by atoms with van der Waals surface area (Å²) in [7, 11) is 0. The van der Waals surface area contributed by atoms with Crippen LogP contribution in [0.1, 0.15) is 42.3 Å². The second-order valence-corrected chi connectivity index (χ2v) is 11.7. The molecule has 3 heterocycles. The number of amides is 2. The van der Waals surface area contributed by atoms with Gasteiger partial charge in [0.1, 0.15) is 5.82 Å². The van der Waals surface area contributed by atoms with Gasteiger partial charge in [-0.05, 0) is 64.9 Å². The number of hydrogen-bond acceptors (Lipinski definition) is 5. The van der Waals surface area contributed by atoms with Gasteiger partial charge in [0.25, 0.3) is 0 Å². The molecule has 0 atom stereocenters. The largest absolute Gasteiger partial charge is 0.324 e. The zero-order valence-corrected chi connectivity index (χ0v) is 25.6. The third-order valence-electron chi connectivity index (χ3n) is 8.54. The summed E-state index contributed by atoms with van der Waals surface area (Å²) < 4.78 is 2.33. The Kier molecular flexibility index (Phi) is 7.82. The predicted molar refractivity (Wildman–Crippen MR) is 177 cm³/mol. The minimum Gasteiger partial charge on any atom is -0.323 e. The van der Waals surface area contributed by atoms with E-state index >= 15 is 0 Å². The van der Waals surface area contributed by atoms with E-state index in [4.69, 9.17) is 4.98 Å².